The molecule has 2 heterocycles. The van der Waals surface area contributed by atoms with Gasteiger partial charge in [0.05, 0.1) is 19.0 Å². The van der Waals surface area contributed by atoms with Gasteiger partial charge < -0.3 is 25.2 Å². The molecule has 1 fully saturated rings. The second-order valence-electron chi connectivity index (χ2n) is 7.94. The predicted molar refractivity (Wildman–Crippen MR) is 119 cm³/mol. The number of likely N-dealkylation sites (N-methyl/N-ethyl adjacent to an activating group) is 1. The Balaban J connectivity index is 1.69. The molecule has 1 aromatic carbocycles. The minimum atomic E-state index is -0.273. The fraction of sp³-hybridized carbons (Fsp3) is 0.455. The quantitative estimate of drug-likeness (QED) is 0.761. The highest BCUT2D eigenvalue weighted by Crippen LogP contribution is 2.39. The van der Waals surface area contributed by atoms with E-state index in [4.69, 9.17) is 9.72 Å². The number of hydrogen-bond acceptors (Lipinski definition) is 7. The Morgan fingerprint density at radius 2 is 2.00 bits per heavy atom. The third-order valence-corrected chi connectivity index (χ3v) is 6.12. The van der Waals surface area contributed by atoms with Crippen LogP contribution >= 0.6 is 0 Å². The highest BCUT2D eigenvalue weighted by Gasteiger charge is 2.39. The van der Waals surface area contributed by atoms with Crippen LogP contribution in [-0.4, -0.2) is 55.1 Å². The van der Waals surface area contributed by atoms with Gasteiger partial charge in [-0.2, -0.15) is 4.98 Å². The maximum atomic E-state index is 12.8. The lowest BCUT2D eigenvalue weighted by Gasteiger charge is -2.42. The van der Waals surface area contributed by atoms with Crippen molar-refractivity contribution in [1.29, 1.82) is 0 Å². The van der Waals surface area contributed by atoms with E-state index in [1.54, 1.807) is 50.5 Å². The summed E-state index contributed by atoms with van der Waals surface area (Å²) in [6.45, 7) is 1.94. The van der Waals surface area contributed by atoms with Crippen LogP contribution in [0.5, 0.6) is 5.75 Å². The van der Waals surface area contributed by atoms with Gasteiger partial charge in [-0.25, -0.2) is 4.98 Å². The number of methoxy groups -OCH3 is 1. The Hall–Kier alpha value is -3.36. The number of aromatic nitrogens is 2. The summed E-state index contributed by atoms with van der Waals surface area (Å²) in [6, 6.07) is 5.17. The number of fused-ring (bicyclic) bond motifs is 1. The van der Waals surface area contributed by atoms with E-state index in [9.17, 15) is 9.59 Å². The van der Waals surface area contributed by atoms with Gasteiger partial charge in [0.2, 0.25) is 11.9 Å². The first-order chi connectivity index (χ1) is 14.9. The maximum Gasteiger partial charge on any atom is 0.251 e. The molecule has 1 saturated carbocycles. The number of benzene rings is 1. The van der Waals surface area contributed by atoms with Crippen molar-refractivity contribution in [2.75, 3.05) is 36.3 Å². The lowest BCUT2D eigenvalue weighted by atomic mass is 10.1. The van der Waals surface area contributed by atoms with Gasteiger partial charge >= 0.3 is 0 Å². The van der Waals surface area contributed by atoms with Crippen molar-refractivity contribution >= 4 is 35.0 Å². The van der Waals surface area contributed by atoms with E-state index in [1.807, 2.05) is 6.92 Å². The van der Waals surface area contributed by atoms with Crippen LogP contribution in [0.2, 0.25) is 0 Å². The smallest absolute Gasteiger partial charge is 0.251 e. The Morgan fingerprint density at radius 3 is 2.68 bits per heavy atom. The molecule has 0 saturated heterocycles. The molecular weight excluding hydrogens is 396 g/mol. The molecule has 2 N–H and O–H groups in total. The van der Waals surface area contributed by atoms with Gasteiger partial charge in [-0.15, -0.1) is 0 Å². The van der Waals surface area contributed by atoms with E-state index in [2.05, 4.69) is 20.5 Å². The van der Waals surface area contributed by atoms with Gasteiger partial charge in [-0.05, 0) is 38.0 Å². The molecule has 0 unspecified atom stereocenters. The van der Waals surface area contributed by atoms with Crippen molar-refractivity contribution in [2.45, 2.75) is 44.7 Å². The molecule has 9 heteroatoms. The van der Waals surface area contributed by atoms with Crippen LogP contribution in [0.25, 0.3) is 0 Å². The molecule has 0 spiro atoms. The topological polar surface area (TPSA) is 99.7 Å². The molecule has 9 nitrogen and oxygen atoms in total. The van der Waals surface area contributed by atoms with Crippen molar-refractivity contribution in [2.24, 2.45) is 0 Å². The first-order valence-electron chi connectivity index (χ1n) is 10.5. The molecule has 2 aliphatic rings. The molecule has 0 radical (unpaired) electrons. The van der Waals surface area contributed by atoms with Crippen LogP contribution < -0.4 is 25.2 Å². The number of hydrogen-bond donors (Lipinski definition) is 2. The fourth-order valence-electron chi connectivity index (χ4n) is 4.43. The zero-order valence-electron chi connectivity index (χ0n) is 18.3. The number of amides is 2. The average molecular weight is 425 g/mol. The van der Waals surface area contributed by atoms with E-state index < -0.39 is 0 Å². The minimum Gasteiger partial charge on any atom is -0.495 e. The molecule has 2 amide bonds. The molecule has 1 aromatic heterocycles. The van der Waals surface area contributed by atoms with Crippen molar-refractivity contribution in [3.8, 4) is 5.75 Å². The van der Waals surface area contributed by atoms with Gasteiger partial charge in [0.15, 0.2) is 5.82 Å². The van der Waals surface area contributed by atoms with Gasteiger partial charge in [-0.1, -0.05) is 12.8 Å². The average Bonchev–Trinajstić information content (AvgIpc) is 3.31. The Labute approximate surface area is 181 Å². The molecule has 1 atom stereocenters. The van der Waals surface area contributed by atoms with E-state index in [0.717, 1.165) is 18.7 Å². The first kappa shape index (κ1) is 20.9. The van der Waals surface area contributed by atoms with Crippen molar-refractivity contribution in [3.05, 3.63) is 30.0 Å². The lowest BCUT2D eigenvalue weighted by Crippen LogP contribution is -2.54. The first-order valence-corrected chi connectivity index (χ1v) is 10.5. The molecule has 164 valence electrons. The molecule has 2 aromatic rings. The fourth-order valence-corrected chi connectivity index (χ4v) is 4.43. The molecular formula is C22H28N6O3. The van der Waals surface area contributed by atoms with Crippen LogP contribution in [0, 0.1) is 0 Å². The van der Waals surface area contributed by atoms with Crippen LogP contribution in [0.1, 0.15) is 43.0 Å². The van der Waals surface area contributed by atoms with Crippen molar-refractivity contribution in [3.63, 3.8) is 0 Å². The summed E-state index contributed by atoms with van der Waals surface area (Å²) in [7, 11) is 4.90. The number of carbonyl (C=O) groups is 2. The number of rotatable bonds is 5. The Bertz CT molecular complexity index is 1000. The van der Waals surface area contributed by atoms with Crippen molar-refractivity contribution in [1.82, 2.24) is 15.3 Å². The van der Waals surface area contributed by atoms with Crippen LogP contribution in [0.15, 0.2) is 24.4 Å². The monoisotopic (exact) mass is 424 g/mol. The second-order valence-corrected chi connectivity index (χ2v) is 7.94. The predicted octanol–water partition coefficient (Wildman–Crippen LogP) is 2.70. The summed E-state index contributed by atoms with van der Waals surface area (Å²) in [5.74, 6) is 1.54. The maximum absolute atomic E-state index is 12.8. The van der Waals surface area contributed by atoms with Gasteiger partial charge in [0.25, 0.3) is 5.91 Å². The van der Waals surface area contributed by atoms with Gasteiger partial charge in [0, 0.05) is 25.7 Å². The SMILES string of the molecule is CNC(=O)c1ccc(Nc2ncc3c(n2)N(C2CCCC2)[C@H](C)C(=O)N3C)c(OC)c1. The summed E-state index contributed by atoms with van der Waals surface area (Å²) >= 11 is 0. The Morgan fingerprint density at radius 1 is 1.26 bits per heavy atom. The number of carbonyl (C=O) groups excluding carboxylic acids is 2. The number of nitrogens with one attached hydrogen (secondary N) is 2. The van der Waals surface area contributed by atoms with Crippen LogP contribution in [-0.2, 0) is 4.79 Å². The molecule has 0 bridgehead atoms. The summed E-state index contributed by atoms with van der Waals surface area (Å²) < 4.78 is 5.45. The third-order valence-electron chi connectivity index (χ3n) is 6.12. The number of anilines is 4. The van der Waals surface area contributed by atoms with E-state index in [-0.39, 0.29) is 17.9 Å². The zero-order chi connectivity index (χ0) is 22.1. The summed E-state index contributed by atoms with van der Waals surface area (Å²) in [6.07, 6.45) is 6.13. The zero-order valence-corrected chi connectivity index (χ0v) is 18.3. The molecule has 1 aliphatic carbocycles. The van der Waals surface area contributed by atoms with Crippen molar-refractivity contribution < 1.29 is 14.3 Å². The highest BCUT2D eigenvalue weighted by molar-refractivity contribution is 6.04. The second kappa shape index (κ2) is 8.41. The Kier molecular flexibility index (Phi) is 5.67. The van der Waals surface area contributed by atoms with Gasteiger partial charge in [-0.3, -0.25) is 9.59 Å². The third kappa shape index (κ3) is 3.75. The largest absolute Gasteiger partial charge is 0.495 e. The van der Waals surface area contributed by atoms with Crippen LogP contribution in [0.4, 0.5) is 23.1 Å². The molecule has 31 heavy (non-hydrogen) atoms. The summed E-state index contributed by atoms with van der Waals surface area (Å²) in [5.41, 5.74) is 1.86. The summed E-state index contributed by atoms with van der Waals surface area (Å²) in [5, 5.41) is 5.80. The number of nitrogens with zero attached hydrogens (tertiary/aromatic N) is 4. The lowest BCUT2D eigenvalue weighted by molar-refractivity contribution is -0.119. The van der Waals surface area contributed by atoms with Gasteiger partial charge in [0.1, 0.15) is 17.5 Å². The van der Waals surface area contributed by atoms with E-state index >= 15 is 0 Å². The molecule has 1 aliphatic heterocycles. The number of ether oxygens (including phenoxy) is 1. The highest BCUT2D eigenvalue weighted by atomic mass is 16.5. The molecule has 4 rings (SSSR count). The standard InChI is InChI=1S/C22H28N6O3/c1-13-21(30)27(3)17-12-24-22(26-19(17)28(13)15-7-5-6-8-15)25-16-10-9-14(20(29)23-2)11-18(16)31-4/h9-13,15H,5-8H2,1-4H3,(H,23,29)(H,24,25,26)/t13-/m1/s1. The minimum absolute atomic E-state index is 0.0511. The van der Waals surface area contributed by atoms with E-state index in [0.29, 0.717) is 34.7 Å². The summed E-state index contributed by atoms with van der Waals surface area (Å²) in [4.78, 5) is 37.7. The van der Waals surface area contributed by atoms with Crippen LogP contribution in [0.3, 0.4) is 0 Å². The normalized spacial score (nSPS) is 18.7. The van der Waals surface area contributed by atoms with E-state index in [1.165, 1.54) is 12.8 Å².